The van der Waals surface area contributed by atoms with E-state index in [0.717, 1.165) is 64.1 Å². The van der Waals surface area contributed by atoms with E-state index >= 15 is 0 Å². The highest BCUT2D eigenvalue weighted by Gasteiger charge is 2.29. The van der Waals surface area contributed by atoms with Crippen molar-refractivity contribution in [2.45, 2.75) is 56.9 Å². The summed E-state index contributed by atoms with van der Waals surface area (Å²) in [6.45, 7) is 8.39. The molecule has 2 aliphatic rings. The average Bonchev–Trinajstić information content (AvgIpc) is 2.67. The van der Waals surface area contributed by atoms with E-state index in [1.165, 1.54) is 6.42 Å². The van der Waals surface area contributed by atoms with E-state index in [2.05, 4.69) is 15.9 Å². The highest BCUT2D eigenvalue weighted by molar-refractivity contribution is 7.86. The van der Waals surface area contributed by atoms with Crippen molar-refractivity contribution < 1.29 is 22.3 Å². The lowest BCUT2D eigenvalue weighted by atomic mass is 9.94. The third kappa shape index (κ3) is 5.96. The Labute approximate surface area is 173 Å². The van der Waals surface area contributed by atoms with Gasteiger partial charge in [-0.25, -0.2) is 0 Å². The Kier molecular flexibility index (Phi) is 7.60. The Morgan fingerprint density at radius 1 is 1.21 bits per heavy atom. The summed E-state index contributed by atoms with van der Waals surface area (Å²) < 4.78 is 41.5. The Hall–Kier alpha value is -1.57. The molecule has 1 aromatic rings. The second-order valence-corrected chi connectivity index (χ2v) is 9.36. The van der Waals surface area contributed by atoms with Crippen molar-refractivity contribution in [3.63, 3.8) is 0 Å². The standard InChI is InChI=1S/C21H31N3O4S/c1-17-14-18(2)21(29(25,26)27)20(15-17)24(19-6-4-3-5-7-19)16-22-8-9-23-10-12-28-13-11-23/h14-15,19H,3-13H2,1-2H3/p+1. The summed E-state index contributed by atoms with van der Waals surface area (Å²) in [5.41, 5.74) is 1.96. The van der Waals surface area contributed by atoms with Crippen molar-refractivity contribution >= 4 is 21.8 Å². The van der Waals surface area contributed by atoms with Gasteiger partial charge in [-0.2, -0.15) is 13.0 Å². The van der Waals surface area contributed by atoms with Gasteiger partial charge in [-0.1, -0.05) is 12.5 Å². The first kappa shape index (κ1) is 22.1. The summed E-state index contributed by atoms with van der Waals surface area (Å²) in [7, 11) is -4.36. The monoisotopic (exact) mass is 422 g/mol. The fourth-order valence-corrected chi connectivity index (χ4v) is 5.15. The number of hydrogen-bond donors (Lipinski definition) is 1. The molecule has 0 radical (unpaired) electrons. The maximum atomic E-state index is 12.2. The summed E-state index contributed by atoms with van der Waals surface area (Å²) in [6.07, 6.45) is 5.32. The SMILES string of the molecule is Cc1cc(C)c(S(=O)(=O)O)c([N+](=C=NCCN2CCOCC2)C2CCCCC2)c1. The first-order valence-electron chi connectivity index (χ1n) is 10.5. The smallest absolute Gasteiger partial charge is 0.312 e. The van der Waals surface area contributed by atoms with Gasteiger partial charge in [0.15, 0.2) is 12.2 Å². The number of ether oxygens (including phenoxy) is 1. The highest BCUT2D eigenvalue weighted by Crippen LogP contribution is 2.33. The Morgan fingerprint density at radius 3 is 2.55 bits per heavy atom. The van der Waals surface area contributed by atoms with Gasteiger partial charge in [0.25, 0.3) is 10.1 Å². The van der Waals surface area contributed by atoms with Gasteiger partial charge in [0.1, 0.15) is 10.9 Å². The van der Waals surface area contributed by atoms with E-state index in [-0.39, 0.29) is 10.9 Å². The molecular formula is C21H32N3O4S+. The lowest BCUT2D eigenvalue weighted by Crippen LogP contribution is -2.37. The number of hydrogen-bond acceptors (Lipinski definition) is 5. The first-order chi connectivity index (χ1) is 13.9. The van der Waals surface area contributed by atoms with E-state index in [0.29, 0.717) is 17.8 Å². The number of benzene rings is 1. The zero-order chi connectivity index (χ0) is 20.9. The molecule has 1 aromatic carbocycles. The number of morpholine rings is 1. The second-order valence-electron chi connectivity index (χ2n) is 8.00. The lowest BCUT2D eigenvalue weighted by molar-refractivity contribution is -0.486. The predicted molar refractivity (Wildman–Crippen MR) is 112 cm³/mol. The molecule has 160 valence electrons. The van der Waals surface area contributed by atoms with Gasteiger partial charge in [-0.3, -0.25) is 9.45 Å². The number of rotatable bonds is 6. The van der Waals surface area contributed by atoms with Crippen LogP contribution in [0.25, 0.3) is 0 Å². The minimum atomic E-state index is -4.36. The molecule has 0 spiro atoms. The normalized spacial score (nSPS) is 19.0. The zero-order valence-corrected chi connectivity index (χ0v) is 18.2. The molecule has 0 atom stereocenters. The largest absolute Gasteiger partial charge is 0.379 e. The molecule has 0 amide bonds. The van der Waals surface area contributed by atoms with Crippen molar-refractivity contribution in [2.75, 3.05) is 39.4 Å². The van der Waals surface area contributed by atoms with Crippen LogP contribution in [-0.2, 0) is 14.9 Å². The molecule has 8 heteroatoms. The second kappa shape index (κ2) is 9.96. The maximum absolute atomic E-state index is 12.2. The van der Waals surface area contributed by atoms with Crippen molar-refractivity contribution in [2.24, 2.45) is 4.99 Å². The molecule has 1 aliphatic heterocycles. The number of aryl methyl sites for hydroxylation is 2. The van der Waals surface area contributed by atoms with Gasteiger partial charge < -0.3 is 4.74 Å². The Bertz CT molecular complexity index is 879. The van der Waals surface area contributed by atoms with Crippen molar-refractivity contribution in [3.05, 3.63) is 23.3 Å². The minimum absolute atomic E-state index is 0.0375. The van der Waals surface area contributed by atoms with Crippen LogP contribution in [0, 0.1) is 13.8 Å². The van der Waals surface area contributed by atoms with Crippen molar-refractivity contribution in [1.82, 2.24) is 4.90 Å². The summed E-state index contributed by atoms with van der Waals surface area (Å²) in [4.78, 5) is 6.79. The van der Waals surface area contributed by atoms with Crippen LogP contribution in [0.15, 0.2) is 22.0 Å². The Morgan fingerprint density at radius 2 is 1.90 bits per heavy atom. The van der Waals surface area contributed by atoms with Crippen LogP contribution in [-0.4, -0.2) is 73.9 Å². The van der Waals surface area contributed by atoms with Crippen molar-refractivity contribution in [1.29, 1.82) is 0 Å². The number of aliphatic imine (C=N–C) groups is 1. The lowest BCUT2D eigenvalue weighted by Gasteiger charge is -2.24. The van der Waals surface area contributed by atoms with Crippen LogP contribution >= 0.6 is 0 Å². The molecule has 0 unspecified atom stereocenters. The van der Waals surface area contributed by atoms with Crippen LogP contribution < -0.4 is 0 Å². The molecule has 1 saturated heterocycles. The van der Waals surface area contributed by atoms with E-state index in [1.54, 1.807) is 13.0 Å². The molecule has 7 nitrogen and oxygen atoms in total. The third-order valence-electron chi connectivity index (χ3n) is 5.67. The van der Waals surface area contributed by atoms with Gasteiger partial charge in [0, 0.05) is 19.6 Å². The van der Waals surface area contributed by atoms with Crippen LogP contribution in [0.2, 0.25) is 0 Å². The van der Waals surface area contributed by atoms with Gasteiger partial charge in [-0.15, -0.1) is 0 Å². The minimum Gasteiger partial charge on any atom is -0.379 e. The third-order valence-corrected chi connectivity index (χ3v) is 6.71. The molecule has 1 N–H and O–H groups in total. The molecule has 29 heavy (non-hydrogen) atoms. The maximum Gasteiger partial charge on any atom is 0.312 e. The van der Waals surface area contributed by atoms with Gasteiger partial charge >= 0.3 is 6.01 Å². The average molecular weight is 423 g/mol. The molecule has 1 heterocycles. The number of nitrogens with zero attached hydrogens (tertiary/aromatic N) is 3. The van der Waals surface area contributed by atoms with E-state index < -0.39 is 10.1 Å². The van der Waals surface area contributed by atoms with Crippen LogP contribution in [0.3, 0.4) is 0 Å². The van der Waals surface area contributed by atoms with Crippen molar-refractivity contribution in [3.8, 4) is 0 Å². The molecule has 0 aromatic heterocycles. The van der Waals surface area contributed by atoms with E-state index in [4.69, 9.17) is 4.74 Å². The fourth-order valence-electron chi connectivity index (χ4n) is 4.26. The first-order valence-corrected chi connectivity index (χ1v) is 11.9. The summed E-state index contributed by atoms with van der Waals surface area (Å²) in [5.74, 6) is 0. The van der Waals surface area contributed by atoms with Crippen LogP contribution in [0.1, 0.15) is 43.2 Å². The summed E-state index contributed by atoms with van der Waals surface area (Å²) in [5, 5.41) is 0. The zero-order valence-electron chi connectivity index (χ0n) is 17.4. The quantitative estimate of drug-likeness (QED) is 0.433. The van der Waals surface area contributed by atoms with E-state index in [9.17, 15) is 13.0 Å². The van der Waals surface area contributed by atoms with Crippen LogP contribution in [0.4, 0.5) is 5.69 Å². The van der Waals surface area contributed by atoms with Gasteiger partial charge in [0.2, 0.25) is 0 Å². The Balaban J connectivity index is 1.96. The summed E-state index contributed by atoms with van der Waals surface area (Å²) >= 11 is 0. The molecule has 0 bridgehead atoms. The predicted octanol–water partition coefficient (Wildman–Crippen LogP) is 3.03. The molecule has 3 rings (SSSR count). The molecule has 1 aliphatic carbocycles. The van der Waals surface area contributed by atoms with Gasteiger partial charge in [0.05, 0.1) is 13.2 Å². The fraction of sp³-hybridized carbons (Fsp3) is 0.667. The van der Waals surface area contributed by atoms with Crippen LogP contribution in [0.5, 0.6) is 0 Å². The molecular weight excluding hydrogens is 390 g/mol. The summed E-state index contributed by atoms with van der Waals surface area (Å²) in [6, 6.07) is 6.87. The molecule has 1 saturated carbocycles. The highest BCUT2D eigenvalue weighted by atomic mass is 32.2. The molecule has 2 fully saturated rings. The van der Waals surface area contributed by atoms with E-state index in [1.807, 2.05) is 17.6 Å². The topological polar surface area (TPSA) is 82.2 Å². The van der Waals surface area contributed by atoms with Gasteiger partial charge in [-0.05, 0) is 61.7 Å².